The SMILES string of the molecule is CCc1cc(NC(=O)N2CC(c3ccccc3)=C(c3ccc(OC(F)F)cc3)N2)cc2c1OC(F)(F)C2(F)F. The molecular weight excluding hydrogens is 528 g/mol. The van der Waals surface area contributed by atoms with Crippen LogP contribution in [-0.2, 0) is 12.3 Å². The minimum Gasteiger partial charge on any atom is -0.435 e. The summed E-state index contributed by atoms with van der Waals surface area (Å²) in [6, 6.07) is 16.2. The number of aryl methyl sites for hydroxylation is 1. The van der Waals surface area contributed by atoms with Gasteiger partial charge < -0.3 is 14.8 Å². The van der Waals surface area contributed by atoms with Crippen molar-refractivity contribution in [3.63, 3.8) is 0 Å². The lowest BCUT2D eigenvalue weighted by atomic mass is 10.0. The number of hydrogen-bond donors (Lipinski definition) is 2. The van der Waals surface area contributed by atoms with Crippen LogP contribution in [0.4, 0.5) is 36.8 Å². The minimum absolute atomic E-state index is 0.0436. The largest absolute Gasteiger partial charge is 0.469 e. The average molecular weight is 549 g/mol. The number of nitrogens with one attached hydrogen (secondary N) is 2. The topological polar surface area (TPSA) is 62.8 Å². The van der Waals surface area contributed by atoms with Crippen molar-refractivity contribution in [2.45, 2.75) is 32.0 Å². The van der Waals surface area contributed by atoms with Gasteiger partial charge in [0.2, 0.25) is 0 Å². The number of urea groups is 1. The minimum atomic E-state index is -4.71. The van der Waals surface area contributed by atoms with E-state index in [0.717, 1.165) is 11.6 Å². The quantitative estimate of drug-likeness (QED) is 0.330. The van der Waals surface area contributed by atoms with Gasteiger partial charge in [0.25, 0.3) is 0 Å². The van der Waals surface area contributed by atoms with Crippen molar-refractivity contribution < 1.29 is 40.6 Å². The molecule has 0 saturated heterocycles. The van der Waals surface area contributed by atoms with Gasteiger partial charge in [0, 0.05) is 16.8 Å². The fourth-order valence-corrected chi connectivity index (χ4v) is 4.44. The van der Waals surface area contributed by atoms with Gasteiger partial charge in [-0.15, -0.1) is 0 Å². The number of carbonyl (C=O) groups is 1. The predicted octanol–water partition coefficient (Wildman–Crippen LogP) is 6.85. The van der Waals surface area contributed by atoms with Gasteiger partial charge in [0.15, 0.2) is 0 Å². The maximum Gasteiger partial charge on any atom is 0.469 e. The van der Waals surface area contributed by atoms with Crippen LogP contribution in [-0.4, -0.2) is 30.3 Å². The van der Waals surface area contributed by atoms with Crippen molar-refractivity contribution in [3.05, 3.63) is 89.0 Å². The maximum atomic E-state index is 14.4. The van der Waals surface area contributed by atoms with E-state index in [9.17, 15) is 31.1 Å². The van der Waals surface area contributed by atoms with Crippen molar-refractivity contribution in [2.75, 3.05) is 11.9 Å². The second-order valence-electron chi connectivity index (χ2n) is 8.81. The summed E-state index contributed by atoms with van der Waals surface area (Å²) in [5, 5.41) is 3.67. The molecule has 2 amide bonds. The van der Waals surface area contributed by atoms with Crippen LogP contribution in [0.1, 0.15) is 29.2 Å². The van der Waals surface area contributed by atoms with Crippen LogP contribution >= 0.6 is 0 Å². The van der Waals surface area contributed by atoms with E-state index in [1.54, 1.807) is 31.2 Å². The highest BCUT2D eigenvalue weighted by atomic mass is 19.3. The number of halogens is 6. The Morgan fingerprint density at radius 1 is 1.05 bits per heavy atom. The second kappa shape index (κ2) is 9.75. The second-order valence-corrected chi connectivity index (χ2v) is 8.81. The molecule has 39 heavy (non-hydrogen) atoms. The number of fused-ring (bicyclic) bond motifs is 1. The van der Waals surface area contributed by atoms with Crippen molar-refractivity contribution in [2.24, 2.45) is 0 Å². The van der Waals surface area contributed by atoms with E-state index in [2.05, 4.69) is 20.2 Å². The molecule has 0 atom stereocenters. The van der Waals surface area contributed by atoms with Crippen LogP contribution in [0.15, 0.2) is 66.7 Å². The van der Waals surface area contributed by atoms with E-state index in [1.807, 2.05) is 18.2 Å². The molecule has 0 unspecified atom stereocenters. The number of amides is 2. The third-order valence-electron chi connectivity index (χ3n) is 6.33. The highest BCUT2D eigenvalue weighted by Crippen LogP contribution is 2.55. The number of hydrogen-bond acceptors (Lipinski definition) is 4. The first-order valence-electron chi connectivity index (χ1n) is 11.8. The summed E-state index contributed by atoms with van der Waals surface area (Å²) < 4.78 is 90.1. The smallest absolute Gasteiger partial charge is 0.435 e. The molecule has 0 bridgehead atoms. The first kappa shape index (κ1) is 26.3. The van der Waals surface area contributed by atoms with Gasteiger partial charge in [-0.2, -0.15) is 26.3 Å². The molecule has 12 heteroatoms. The van der Waals surface area contributed by atoms with Crippen molar-refractivity contribution in [1.82, 2.24) is 10.4 Å². The first-order chi connectivity index (χ1) is 18.5. The molecule has 2 N–H and O–H groups in total. The number of carbonyl (C=O) groups excluding carboxylic acids is 1. The number of ether oxygens (including phenoxy) is 2. The Balaban J connectivity index is 1.42. The molecule has 3 aromatic carbocycles. The van der Waals surface area contributed by atoms with E-state index in [-0.39, 0.29) is 30.0 Å². The lowest BCUT2D eigenvalue weighted by Gasteiger charge is -2.20. The van der Waals surface area contributed by atoms with Crippen molar-refractivity contribution in [3.8, 4) is 11.5 Å². The molecule has 204 valence electrons. The highest BCUT2D eigenvalue weighted by Gasteiger charge is 2.67. The summed E-state index contributed by atoms with van der Waals surface area (Å²) >= 11 is 0. The van der Waals surface area contributed by atoms with E-state index in [1.165, 1.54) is 23.2 Å². The van der Waals surface area contributed by atoms with E-state index >= 15 is 0 Å². The van der Waals surface area contributed by atoms with E-state index < -0.39 is 36.0 Å². The monoisotopic (exact) mass is 549 g/mol. The summed E-state index contributed by atoms with van der Waals surface area (Å²) in [5.41, 5.74) is 4.46. The standard InChI is InChI=1S/C27H21F6N3O3/c1-2-15-12-18(13-21-23(15)39-27(32,33)26(21,30)31)34-25(37)36-14-20(16-6-4-3-5-7-16)22(35-36)17-8-10-19(11-9-17)38-24(28)29/h3-13,24,35H,2,14H2,1H3,(H,34,37). The van der Waals surface area contributed by atoms with Gasteiger partial charge in [0.05, 0.1) is 17.8 Å². The average Bonchev–Trinajstić information content (AvgIpc) is 3.42. The van der Waals surface area contributed by atoms with Crippen LogP contribution in [0.3, 0.4) is 0 Å². The molecule has 0 fully saturated rings. The highest BCUT2D eigenvalue weighted by molar-refractivity contribution is 5.98. The number of alkyl halides is 6. The molecule has 2 heterocycles. The van der Waals surface area contributed by atoms with Crippen LogP contribution in [0.2, 0.25) is 0 Å². The molecule has 6 nitrogen and oxygen atoms in total. The molecule has 5 rings (SSSR count). The molecule has 0 radical (unpaired) electrons. The summed E-state index contributed by atoms with van der Waals surface area (Å²) in [6.07, 6.45) is -4.60. The zero-order valence-electron chi connectivity index (χ0n) is 20.3. The van der Waals surface area contributed by atoms with Crippen molar-refractivity contribution in [1.29, 1.82) is 0 Å². The Bertz CT molecular complexity index is 1430. The summed E-state index contributed by atoms with van der Waals surface area (Å²) in [4.78, 5) is 13.2. The Hall–Kier alpha value is -4.35. The zero-order chi connectivity index (χ0) is 27.9. The van der Waals surface area contributed by atoms with Gasteiger partial charge >= 0.3 is 24.7 Å². The molecule has 2 aliphatic heterocycles. The number of hydrazine groups is 1. The number of anilines is 1. The number of nitrogens with zero attached hydrogens (tertiary/aromatic N) is 1. The first-order valence-corrected chi connectivity index (χ1v) is 11.8. The van der Waals surface area contributed by atoms with Gasteiger partial charge in [-0.05, 0) is 53.9 Å². The predicted molar refractivity (Wildman–Crippen MR) is 130 cm³/mol. The van der Waals surface area contributed by atoms with Gasteiger partial charge in [-0.3, -0.25) is 5.43 Å². The number of rotatable bonds is 6. The summed E-state index contributed by atoms with van der Waals surface area (Å²) in [6.45, 7) is -1.35. The third-order valence-corrected chi connectivity index (χ3v) is 6.33. The lowest BCUT2D eigenvalue weighted by molar-refractivity contribution is -0.296. The molecule has 0 aromatic heterocycles. The molecule has 0 aliphatic carbocycles. The van der Waals surface area contributed by atoms with Crippen LogP contribution < -0.4 is 20.2 Å². The third kappa shape index (κ3) is 4.82. The fraction of sp³-hybridized carbons (Fsp3) is 0.222. The van der Waals surface area contributed by atoms with Crippen LogP contribution in [0, 0.1) is 0 Å². The molecular formula is C27H21F6N3O3. The van der Waals surface area contributed by atoms with Gasteiger partial charge in [0.1, 0.15) is 11.5 Å². The normalized spacial score (nSPS) is 17.1. The van der Waals surface area contributed by atoms with Crippen molar-refractivity contribution >= 4 is 23.0 Å². The van der Waals surface area contributed by atoms with Crippen LogP contribution in [0.25, 0.3) is 11.3 Å². The Labute approximate surface area is 218 Å². The Kier molecular flexibility index (Phi) is 6.57. The van der Waals surface area contributed by atoms with E-state index in [0.29, 0.717) is 16.8 Å². The van der Waals surface area contributed by atoms with E-state index in [4.69, 9.17) is 0 Å². The molecule has 3 aromatic rings. The van der Waals surface area contributed by atoms with Gasteiger partial charge in [-0.25, -0.2) is 9.80 Å². The number of benzene rings is 3. The zero-order valence-corrected chi connectivity index (χ0v) is 20.3. The summed E-state index contributed by atoms with van der Waals surface area (Å²) in [7, 11) is 0. The molecule has 0 spiro atoms. The Morgan fingerprint density at radius 3 is 2.38 bits per heavy atom. The Morgan fingerprint density at radius 2 is 1.74 bits per heavy atom. The summed E-state index contributed by atoms with van der Waals surface area (Å²) in [5.74, 6) is -5.22. The maximum absolute atomic E-state index is 14.4. The molecule has 2 aliphatic rings. The van der Waals surface area contributed by atoms with Crippen LogP contribution in [0.5, 0.6) is 11.5 Å². The molecule has 0 saturated carbocycles. The fourth-order valence-electron chi connectivity index (χ4n) is 4.44. The van der Waals surface area contributed by atoms with Gasteiger partial charge in [-0.1, -0.05) is 37.3 Å². The lowest BCUT2D eigenvalue weighted by Crippen LogP contribution is -2.40.